The number of carbonyl (C=O) groups is 3. The van der Waals surface area contributed by atoms with Crippen LogP contribution >= 0.6 is 0 Å². The maximum Gasteiger partial charge on any atom is 0.410 e. The van der Waals surface area contributed by atoms with Gasteiger partial charge in [0.15, 0.2) is 0 Å². The smallest absolute Gasteiger partial charge is 0.410 e. The van der Waals surface area contributed by atoms with Crippen molar-refractivity contribution >= 4 is 18.3 Å². The Morgan fingerprint density at radius 2 is 1.20 bits per heavy atom. The lowest BCUT2D eigenvalue weighted by Crippen LogP contribution is -2.57. The minimum atomic E-state index is -0.512. The largest absolute Gasteiger partial charge is 0.445 e. The van der Waals surface area contributed by atoms with Crippen LogP contribution in [-0.4, -0.2) is 94.5 Å². The van der Waals surface area contributed by atoms with Crippen LogP contribution in [0.2, 0.25) is 0 Å². The number of piperazine rings is 2. The van der Waals surface area contributed by atoms with Gasteiger partial charge in [-0.1, -0.05) is 30.3 Å². The Morgan fingerprint density at radius 1 is 0.725 bits per heavy atom. The predicted molar refractivity (Wildman–Crippen MR) is 151 cm³/mol. The third-order valence-electron chi connectivity index (χ3n) is 7.42. The molecule has 0 radical (unpaired) electrons. The highest BCUT2D eigenvalue weighted by Gasteiger charge is 2.45. The van der Waals surface area contributed by atoms with Crippen LogP contribution < -0.4 is 5.32 Å². The van der Waals surface area contributed by atoms with Crippen LogP contribution in [0.4, 0.5) is 14.4 Å². The van der Waals surface area contributed by atoms with Crippen molar-refractivity contribution in [2.24, 2.45) is 0 Å². The van der Waals surface area contributed by atoms with Gasteiger partial charge in [-0.05, 0) is 72.8 Å². The monoisotopic (exact) mass is 558 g/mol. The molecule has 40 heavy (non-hydrogen) atoms. The van der Waals surface area contributed by atoms with E-state index in [1.54, 1.807) is 4.90 Å². The van der Waals surface area contributed by atoms with Gasteiger partial charge < -0.3 is 29.3 Å². The molecule has 4 atom stereocenters. The van der Waals surface area contributed by atoms with Crippen molar-refractivity contribution in [3.63, 3.8) is 0 Å². The van der Waals surface area contributed by atoms with Crippen molar-refractivity contribution in [3.8, 4) is 0 Å². The molecule has 4 heterocycles. The van der Waals surface area contributed by atoms with Crippen LogP contribution in [0.1, 0.15) is 72.8 Å². The average Bonchev–Trinajstić information content (AvgIpc) is 3.34. The predicted octanol–water partition coefficient (Wildman–Crippen LogP) is 4.76. The lowest BCUT2D eigenvalue weighted by atomic mass is 10.2. The molecule has 4 unspecified atom stereocenters. The second-order valence-electron chi connectivity index (χ2n) is 13.2. The standard InChI is InChI=1S/C19H26N2O4.C11H20N2O2/c1-19(2,3)25-17(22)20-11-15-9-10-16(12-20)21(15)18(23)24-13-14-7-5-4-6-8-14;1-11(2,3)15-10(14)13-6-8-4-5-9(7-13)12-8/h4-8,15-16H,9-13H2,1-3H3;8-9,12H,4-7H2,1-3H3. The topological polar surface area (TPSA) is 101 Å². The normalized spacial score (nSPS) is 25.6. The molecule has 4 aliphatic heterocycles. The van der Waals surface area contributed by atoms with E-state index < -0.39 is 5.60 Å². The van der Waals surface area contributed by atoms with E-state index in [4.69, 9.17) is 14.2 Å². The Balaban J connectivity index is 0.000000210. The highest BCUT2D eigenvalue weighted by molar-refractivity contribution is 5.72. The second-order valence-corrected chi connectivity index (χ2v) is 13.2. The van der Waals surface area contributed by atoms with E-state index in [2.05, 4.69) is 5.32 Å². The minimum absolute atomic E-state index is 0.00883. The SMILES string of the molecule is CC(C)(C)OC(=O)N1CC2CCC(C1)N2.CC(C)(C)OC(=O)N1CC2CCC(C1)N2C(=O)OCc1ccccc1. The quantitative estimate of drug-likeness (QED) is 0.522. The van der Waals surface area contributed by atoms with Crippen LogP contribution in [0, 0.1) is 0 Å². The summed E-state index contributed by atoms with van der Waals surface area (Å²) in [5, 5.41) is 3.49. The zero-order chi connectivity index (χ0) is 29.1. The maximum atomic E-state index is 12.5. The van der Waals surface area contributed by atoms with E-state index in [1.165, 1.54) is 12.8 Å². The third kappa shape index (κ3) is 8.25. The van der Waals surface area contributed by atoms with E-state index in [0.717, 1.165) is 31.5 Å². The summed E-state index contributed by atoms with van der Waals surface area (Å²) in [6.07, 6.45) is 3.39. The molecule has 0 spiro atoms. The number of rotatable bonds is 2. The highest BCUT2D eigenvalue weighted by atomic mass is 16.6. The Morgan fingerprint density at radius 3 is 1.68 bits per heavy atom. The summed E-state index contributed by atoms with van der Waals surface area (Å²) in [6.45, 7) is 14.2. The molecule has 10 nitrogen and oxygen atoms in total. The second kappa shape index (κ2) is 12.2. The molecule has 0 aromatic heterocycles. The van der Waals surface area contributed by atoms with Crippen molar-refractivity contribution in [1.29, 1.82) is 0 Å². The molecule has 4 fully saturated rings. The van der Waals surface area contributed by atoms with Gasteiger partial charge in [0.05, 0.1) is 12.1 Å². The summed E-state index contributed by atoms with van der Waals surface area (Å²) in [5.74, 6) is 0. The first-order valence-corrected chi connectivity index (χ1v) is 14.5. The number of fused-ring (bicyclic) bond motifs is 4. The molecule has 3 amide bonds. The van der Waals surface area contributed by atoms with Gasteiger partial charge in [-0.25, -0.2) is 14.4 Å². The van der Waals surface area contributed by atoms with E-state index in [0.29, 0.717) is 25.2 Å². The number of carbonyl (C=O) groups excluding carboxylic acids is 3. The highest BCUT2D eigenvalue weighted by Crippen LogP contribution is 2.31. The fourth-order valence-electron chi connectivity index (χ4n) is 5.74. The number of hydrogen-bond acceptors (Lipinski definition) is 7. The summed E-state index contributed by atoms with van der Waals surface area (Å²) >= 11 is 0. The van der Waals surface area contributed by atoms with Gasteiger partial charge in [0, 0.05) is 38.3 Å². The maximum absolute atomic E-state index is 12.5. The molecule has 10 heteroatoms. The molecule has 1 aromatic carbocycles. The van der Waals surface area contributed by atoms with Gasteiger partial charge >= 0.3 is 18.3 Å². The number of nitrogens with one attached hydrogen (secondary N) is 1. The van der Waals surface area contributed by atoms with E-state index in [-0.39, 0.29) is 42.6 Å². The van der Waals surface area contributed by atoms with Gasteiger partial charge in [-0.15, -0.1) is 0 Å². The molecule has 4 aliphatic rings. The van der Waals surface area contributed by atoms with Crippen molar-refractivity contribution < 1.29 is 28.6 Å². The molecule has 1 N–H and O–H groups in total. The summed E-state index contributed by atoms with van der Waals surface area (Å²) in [6, 6.07) is 10.6. The summed E-state index contributed by atoms with van der Waals surface area (Å²) in [5.41, 5.74) is 0.0682. The molecule has 4 saturated heterocycles. The first-order valence-electron chi connectivity index (χ1n) is 14.5. The molecular weight excluding hydrogens is 512 g/mol. The minimum Gasteiger partial charge on any atom is -0.445 e. The first-order chi connectivity index (χ1) is 18.8. The van der Waals surface area contributed by atoms with Crippen molar-refractivity contribution in [1.82, 2.24) is 20.0 Å². The number of likely N-dealkylation sites (tertiary alicyclic amines) is 2. The summed E-state index contributed by atoms with van der Waals surface area (Å²) in [7, 11) is 0. The Bertz CT molecular complexity index is 1010. The summed E-state index contributed by atoms with van der Waals surface area (Å²) in [4.78, 5) is 42.0. The molecule has 0 saturated carbocycles. The Labute approximate surface area is 238 Å². The van der Waals surface area contributed by atoms with Crippen LogP contribution in [0.25, 0.3) is 0 Å². The van der Waals surface area contributed by atoms with Gasteiger partial charge in [0.25, 0.3) is 0 Å². The van der Waals surface area contributed by atoms with E-state index in [9.17, 15) is 14.4 Å². The fraction of sp³-hybridized carbons (Fsp3) is 0.700. The van der Waals surface area contributed by atoms with Gasteiger partial charge in [0.2, 0.25) is 0 Å². The molecular formula is C30H46N4O6. The zero-order valence-electron chi connectivity index (χ0n) is 24.9. The van der Waals surface area contributed by atoms with Crippen LogP contribution in [0.5, 0.6) is 0 Å². The molecule has 5 rings (SSSR count). The lowest BCUT2D eigenvalue weighted by molar-refractivity contribution is -0.00117. The molecule has 222 valence electrons. The van der Waals surface area contributed by atoms with Crippen LogP contribution in [0.3, 0.4) is 0 Å². The number of benzene rings is 1. The third-order valence-corrected chi connectivity index (χ3v) is 7.42. The Kier molecular flexibility index (Phi) is 9.17. The number of nitrogens with zero attached hydrogens (tertiary/aromatic N) is 3. The van der Waals surface area contributed by atoms with Crippen LogP contribution in [0.15, 0.2) is 30.3 Å². The van der Waals surface area contributed by atoms with Crippen molar-refractivity contribution in [3.05, 3.63) is 35.9 Å². The van der Waals surface area contributed by atoms with E-state index in [1.807, 2.05) is 81.7 Å². The molecule has 0 aliphatic carbocycles. The number of ether oxygens (including phenoxy) is 3. The van der Waals surface area contributed by atoms with Gasteiger partial charge in [0.1, 0.15) is 17.8 Å². The number of hydrogen-bond donors (Lipinski definition) is 1. The average molecular weight is 559 g/mol. The van der Waals surface area contributed by atoms with E-state index >= 15 is 0 Å². The zero-order valence-corrected chi connectivity index (χ0v) is 24.9. The fourth-order valence-corrected chi connectivity index (χ4v) is 5.74. The molecule has 4 bridgehead atoms. The van der Waals surface area contributed by atoms with Crippen LogP contribution in [-0.2, 0) is 20.8 Å². The number of amides is 3. The van der Waals surface area contributed by atoms with Gasteiger partial charge in [-0.2, -0.15) is 0 Å². The summed E-state index contributed by atoms with van der Waals surface area (Å²) < 4.78 is 16.3. The first kappa shape index (κ1) is 30.0. The van der Waals surface area contributed by atoms with Crippen molar-refractivity contribution in [2.45, 2.75) is 109 Å². The molecule has 1 aromatic rings. The Hall–Kier alpha value is -3.01. The van der Waals surface area contributed by atoms with Crippen molar-refractivity contribution in [2.75, 3.05) is 26.2 Å². The lowest BCUT2D eigenvalue weighted by Gasteiger charge is -2.40. The van der Waals surface area contributed by atoms with Gasteiger partial charge in [-0.3, -0.25) is 4.90 Å².